The van der Waals surface area contributed by atoms with Crippen LogP contribution in [-0.4, -0.2) is 52.3 Å². The van der Waals surface area contributed by atoms with Crippen molar-refractivity contribution in [3.05, 3.63) is 46.1 Å². The Morgan fingerprint density at radius 1 is 1.19 bits per heavy atom. The standard InChI is InChI=1S/C18H22F3N5O4S/c1-24-16(12-7-9-25(10-8-12)31(2,29)30)23-26(17(24)28)11-15(27)22-14-5-3-13(4-6-14)18(19,20)21/h3-6,12H,7-11H2,1-2H3,(H,22,27). The fourth-order valence-corrected chi connectivity index (χ4v) is 4.36. The van der Waals surface area contributed by atoms with E-state index in [9.17, 15) is 31.2 Å². The van der Waals surface area contributed by atoms with Crippen LogP contribution < -0.4 is 11.0 Å². The molecule has 3 rings (SSSR count). The maximum absolute atomic E-state index is 12.6. The first-order valence-corrected chi connectivity index (χ1v) is 11.3. The van der Waals surface area contributed by atoms with Crippen LogP contribution in [0.25, 0.3) is 0 Å². The van der Waals surface area contributed by atoms with Crippen LogP contribution in [0.3, 0.4) is 0 Å². The Balaban J connectivity index is 1.66. The van der Waals surface area contributed by atoms with E-state index >= 15 is 0 Å². The summed E-state index contributed by atoms with van der Waals surface area (Å²) in [5.74, 6) is -0.284. The molecule has 0 spiro atoms. The van der Waals surface area contributed by atoms with Crippen molar-refractivity contribution in [1.29, 1.82) is 0 Å². The number of alkyl halides is 3. The molecule has 31 heavy (non-hydrogen) atoms. The van der Waals surface area contributed by atoms with Crippen LogP contribution in [-0.2, 0) is 34.6 Å². The van der Waals surface area contributed by atoms with E-state index in [1.165, 1.54) is 15.9 Å². The second-order valence-corrected chi connectivity index (χ2v) is 9.40. The van der Waals surface area contributed by atoms with Crippen LogP contribution in [0.2, 0.25) is 0 Å². The van der Waals surface area contributed by atoms with Gasteiger partial charge in [-0.25, -0.2) is 22.2 Å². The first-order valence-electron chi connectivity index (χ1n) is 9.42. The summed E-state index contributed by atoms with van der Waals surface area (Å²) in [6.45, 7) is 0.230. The molecule has 2 aromatic rings. The van der Waals surface area contributed by atoms with Crippen molar-refractivity contribution in [3.63, 3.8) is 0 Å². The molecule has 9 nitrogen and oxygen atoms in total. The lowest BCUT2D eigenvalue weighted by atomic mass is 9.97. The molecule has 1 fully saturated rings. The van der Waals surface area contributed by atoms with Crippen LogP contribution in [0.5, 0.6) is 0 Å². The number of nitrogens with one attached hydrogen (secondary N) is 1. The molecule has 170 valence electrons. The van der Waals surface area contributed by atoms with Gasteiger partial charge >= 0.3 is 11.9 Å². The van der Waals surface area contributed by atoms with Gasteiger partial charge in [0.15, 0.2) is 0 Å². The van der Waals surface area contributed by atoms with Crippen LogP contribution in [0.15, 0.2) is 29.1 Å². The van der Waals surface area contributed by atoms with Crippen molar-refractivity contribution < 1.29 is 26.4 Å². The fraction of sp³-hybridized carbons (Fsp3) is 0.500. The zero-order valence-corrected chi connectivity index (χ0v) is 17.7. The highest BCUT2D eigenvalue weighted by Gasteiger charge is 2.31. The van der Waals surface area contributed by atoms with Gasteiger partial charge in [-0.2, -0.15) is 18.3 Å². The van der Waals surface area contributed by atoms with E-state index in [2.05, 4.69) is 10.4 Å². The molecule has 1 aromatic heterocycles. The average Bonchev–Trinajstić information content (AvgIpc) is 2.95. The van der Waals surface area contributed by atoms with Gasteiger partial charge in [0.25, 0.3) is 0 Å². The summed E-state index contributed by atoms with van der Waals surface area (Å²) < 4.78 is 64.8. The molecule has 1 N–H and O–H groups in total. The number of carbonyl (C=O) groups excluding carboxylic acids is 1. The number of carbonyl (C=O) groups is 1. The van der Waals surface area contributed by atoms with Gasteiger partial charge in [0, 0.05) is 31.7 Å². The summed E-state index contributed by atoms with van der Waals surface area (Å²) in [5.41, 5.74) is -1.18. The van der Waals surface area contributed by atoms with Crippen LogP contribution in [0.4, 0.5) is 18.9 Å². The number of sulfonamides is 1. The molecule has 1 saturated heterocycles. The highest BCUT2D eigenvalue weighted by Crippen LogP contribution is 2.30. The Bertz CT molecular complexity index is 1110. The number of benzene rings is 1. The van der Waals surface area contributed by atoms with Crippen molar-refractivity contribution in [3.8, 4) is 0 Å². The molecule has 1 amide bonds. The summed E-state index contributed by atoms with van der Waals surface area (Å²) in [4.78, 5) is 24.7. The highest BCUT2D eigenvalue weighted by atomic mass is 32.2. The third-order valence-corrected chi connectivity index (χ3v) is 6.46. The SMILES string of the molecule is Cn1c(C2CCN(S(C)(=O)=O)CC2)nn(CC(=O)Nc2ccc(C(F)(F)F)cc2)c1=O. The molecule has 0 saturated carbocycles. The Hall–Kier alpha value is -2.67. The Morgan fingerprint density at radius 3 is 2.29 bits per heavy atom. The average molecular weight is 461 g/mol. The number of aromatic nitrogens is 3. The number of nitrogens with zero attached hydrogens (tertiary/aromatic N) is 4. The largest absolute Gasteiger partial charge is 0.416 e. The summed E-state index contributed by atoms with van der Waals surface area (Å²) >= 11 is 0. The quantitative estimate of drug-likeness (QED) is 0.724. The minimum Gasteiger partial charge on any atom is -0.324 e. The van der Waals surface area contributed by atoms with E-state index in [0.29, 0.717) is 31.8 Å². The number of hydrogen-bond acceptors (Lipinski definition) is 5. The normalized spacial score (nSPS) is 16.4. The molecule has 2 heterocycles. The fourth-order valence-electron chi connectivity index (χ4n) is 3.49. The Morgan fingerprint density at radius 2 is 1.77 bits per heavy atom. The maximum Gasteiger partial charge on any atom is 0.416 e. The molecule has 1 aliphatic rings. The van der Waals surface area contributed by atoms with Gasteiger partial charge in [-0.15, -0.1) is 0 Å². The van der Waals surface area contributed by atoms with Gasteiger partial charge in [0.2, 0.25) is 15.9 Å². The van der Waals surface area contributed by atoms with Crippen molar-refractivity contribution >= 4 is 21.6 Å². The van der Waals surface area contributed by atoms with Crippen LogP contribution >= 0.6 is 0 Å². The minimum absolute atomic E-state index is 0.130. The van der Waals surface area contributed by atoms with E-state index in [0.717, 1.165) is 35.2 Å². The first-order chi connectivity index (χ1) is 14.4. The van der Waals surface area contributed by atoms with E-state index in [-0.39, 0.29) is 11.6 Å². The number of halogens is 3. The van der Waals surface area contributed by atoms with Gasteiger partial charge in [-0.05, 0) is 37.1 Å². The predicted molar refractivity (Wildman–Crippen MR) is 106 cm³/mol. The van der Waals surface area contributed by atoms with Gasteiger partial charge < -0.3 is 5.32 Å². The first kappa shape index (κ1) is 23.0. The molecule has 13 heteroatoms. The maximum atomic E-state index is 12.6. The van der Waals surface area contributed by atoms with Crippen molar-refractivity contribution in [1.82, 2.24) is 18.7 Å². The lowest BCUT2D eigenvalue weighted by molar-refractivity contribution is -0.137. The summed E-state index contributed by atoms with van der Waals surface area (Å²) in [6.07, 6.45) is -2.34. The second-order valence-electron chi connectivity index (χ2n) is 7.42. The summed E-state index contributed by atoms with van der Waals surface area (Å²) in [5, 5.41) is 6.68. The second kappa shape index (κ2) is 8.46. The molecule has 0 radical (unpaired) electrons. The lowest BCUT2D eigenvalue weighted by Gasteiger charge is -2.29. The highest BCUT2D eigenvalue weighted by molar-refractivity contribution is 7.88. The minimum atomic E-state index is -4.47. The van der Waals surface area contributed by atoms with Gasteiger partial charge in [-0.3, -0.25) is 9.36 Å². The Kier molecular flexibility index (Phi) is 6.28. The molecular weight excluding hydrogens is 439 g/mol. The molecule has 1 aliphatic heterocycles. The summed E-state index contributed by atoms with van der Waals surface area (Å²) in [7, 11) is -1.75. The monoisotopic (exact) mass is 461 g/mol. The lowest BCUT2D eigenvalue weighted by Crippen LogP contribution is -2.37. The van der Waals surface area contributed by atoms with E-state index in [4.69, 9.17) is 0 Å². The number of anilines is 1. The summed E-state index contributed by atoms with van der Waals surface area (Å²) in [6, 6.07) is 3.96. The molecular formula is C18H22F3N5O4S. The molecule has 0 unspecified atom stereocenters. The van der Waals surface area contributed by atoms with Crippen LogP contribution in [0, 0.1) is 0 Å². The molecule has 0 atom stereocenters. The van der Waals surface area contributed by atoms with Crippen molar-refractivity contribution in [2.24, 2.45) is 7.05 Å². The third-order valence-electron chi connectivity index (χ3n) is 5.15. The van der Waals surface area contributed by atoms with Gasteiger partial charge in [0.1, 0.15) is 12.4 Å². The Labute approximate surface area is 176 Å². The molecule has 0 bridgehead atoms. The number of amides is 1. The van der Waals surface area contributed by atoms with E-state index in [1.807, 2.05) is 0 Å². The number of hydrogen-bond donors (Lipinski definition) is 1. The zero-order chi connectivity index (χ0) is 23.0. The molecule has 1 aromatic carbocycles. The van der Waals surface area contributed by atoms with Gasteiger partial charge in [0.05, 0.1) is 11.8 Å². The smallest absolute Gasteiger partial charge is 0.324 e. The number of rotatable bonds is 5. The van der Waals surface area contributed by atoms with Gasteiger partial charge in [-0.1, -0.05) is 0 Å². The number of piperidine rings is 1. The third kappa shape index (κ3) is 5.34. The zero-order valence-electron chi connectivity index (χ0n) is 16.9. The topological polar surface area (TPSA) is 106 Å². The van der Waals surface area contributed by atoms with Crippen molar-refractivity contribution in [2.45, 2.75) is 31.5 Å². The van der Waals surface area contributed by atoms with E-state index in [1.54, 1.807) is 0 Å². The predicted octanol–water partition coefficient (Wildman–Crippen LogP) is 1.38. The van der Waals surface area contributed by atoms with Crippen molar-refractivity contribution in [2.75, 3.05) is 24.7 Å². The molecule has 0 aliphatic carbocycles. The van der Waals surface area contributed by atoms with Crippen LogP contribution in [0.1, 0.15) is 30.1 Å². The van der Waals surface area contributed by atoms with E-state index < -0.39 is 39.9 Å².